The molecule has 0 saturated carbocycles. The third-order valence-electron chi connectivity index (χ3n) is 5.21. The van der Waals surface area contributed by atoms with Gasteiger partial charge in [0.05, 0.1) is 0 Å². The molecule has 1 saturated heterocycles. The molecule has 3 heterocycles. The molecule has 0 aliphatic carbocycles. The van der Waals surface area contributed by atoms with Gasteiger partial charge in [-0.3, -0.25) is 4.79 Å². The molecule has 1 atom stereocenters. The Kier molecular flexibility index (Phi) is 6.23. The fraction of sp³-hybridized carbons (Fsp3) is 0.381. The maximum absolute atomic E-state index is 12.8. The molecule has 0 bridgehead atoms. The van der Waals surface area contributed by atoms with Crippen molar-refractivity contribution in [2.75, 3.05) is 18.0 Å². The maximum Gasteiger partial charge on any atom is 0.247 e. The second-order valence-corrected chi connectivity index (χ2v) is 7.74. The summed E-state index contributed by atoms with van der Waals surface area (Å²) >= 11 is 5.93. The van der Waals surface area contributed by atoms with Crippen molar-refractivity contribution in [3.63, 3.8) is 0 Å². The van der Waals surface area contributed by atoms with Gasteiger partial charge in [0.2, 0.25) is 11.7 Å². The largest absolute Gasteiger partial charge is 0.357 e. The van der Waals surface area contributed by atoms with Crippen LogP contribution in [0.1, 0.15) is 37.8 Å². The van der Waals surface area contributed by atoms with Gasteiger partial charge in [-0.2, -0.15) is 4.80 Å². The molecule has 2 aromatic heterocycles. The number of rotatable bonds is 7. The van der Waals surface area contributed by atoms with Gasteiger partial charge < -0.3 is 10.2 Å². The third kappa shape index (κ3) is 4.59. The van der Waals surface area contributed by atoms with Crippen LogP contribution in [0.5, 0.6) is 0 Å². The van der Waals surface area contributed by atoms with Crippen LogP contribution in [0, 0.1) is 0 Å². The number of tetrazole rings is 1. The molecule has 0 unspecified atom stereocenters. The average molecular weight is 426 g/mol. The minimum Gasteiger partial charge on any atom is -0.357 e. The molecule has 1 aliphatic rings. The van der Waals surface area contributed by atoms with Crippen LogP contribution >= 0.6 is 11.6 Å². The summed E-state index contributed by atoms with van der Waals surface area (Å²) in [5.74, 6) is 1.29. The number of nitrogens with zero attached hydrogens (tertiary/aromatic N) is 6. The fourth-order valence-corrected chi connectivity index (χ4v) is 3.65. The van der Waals surface area contributed by atoms with Gasteiger partial charge in [0.25, 0.3) is 0 Å². The average Bonchev–Trinajstić information content (AvgIpc) is 3.46. The van der Waals surface area contributed by atoms with Crippen LogP contribution in [0.2, 0.25) is 5.02 Å². The highest BCUT2D eigenvalue weighted by Gasteiger charge is 2.22. The van der Waals surface area contributed by atoms with Gasteiger partial charge in [-0.15, -0.1) is 10.2 Å². The molecule has 8 nitrogen and oxygen atoms in total. The molecule has 3 aromatic rings. The highest BCUT2D eigenvalue weighted by molar-refractivity contribution is 6.30. The summed E-state index contributed by atoms with van der Waals surface area (Å²) in [6.45, 7) is 4.42. The maximum atomic E-state index is 12.8. The lowest BCUT2D eigenvalue weighted by Gasteiger charge is -2.17. The number of anilines is 1. The molecule has 1 N–H and O–H groups in total. The Labute approximate surface area is 180 Å². The van der Waals surface area contributed by atoms with Crippen LogP contribution in [0.3, 0.4) is 0 Å². The van der Waals surface area contributed by atoms with E-state index in [2.05, 4.69) is 30.6 Å². The summed E-state index contributed by atoms with van der Waals surface area (Å²) in [5.41, 5.74) is 1.82. The molecule has 0 spiro atoms. The molecule has 9 heteroatoms. The Morgan fingerprint density at radius 2 is 1.97 bits per heavy atom. The molecular formula is C21H24ClN7O. The number of amides is 1. The van der Waals surface area contributed by atoms with Crippen LogP contribution < -0.4 is 10.2 Å². The van der Waals surface area contributed by atoms with Crippen molar-refractivity contribution < 1.29 is 4.79 Å². The molecule has 4 rings (SSSR count). The number of aromatic nitrogens is 5. The topological polar surface area (TPSA) is 88.8 Å². The second-order valence-electron chi connectivity index (χ2n) is 7.30. The SMILES string of the molecule is CC[C@H](C(=O)NCc1ccnc(N2CCCC2)c1)n1nnc(-c2ccc(Cl)cc2)n1. The minimum atomic E-state index is -0.529. The summed E-state index contributed by atoms with van der Waals surface area (Å²) in [6, 6.07) is 10.6. The van der Waals surface area contributed by atoms with E-state index in [9.17, 15) is 4.79 Å². The summed E-state index contributed by atoms with van der Waals surface area (Å²) in [7, 11) is 0. The van der Waals surface area contributed by atoms with Gasteiger partial charge in [-0.05, 0) is 66.4 Å². The molecule has 30 heavy (non-hydrogen) atoms. The van der Waals surface area contributed by atoms with Crippen molar-refractivity contribution in [2.24, 2.45) is 0 Å². The van der Waals surface area contributed by atoms with Crippen molar-refractivity contribution in [1.29, 1.82) is 0 Å². The number of carbonyl (C=O) groups excluding carboxylic acids is 1. The highest BCUT2D eigenvalue weighted by atomic mass is 35.5. The molecular weight excluding hydrogens is 402 g/mol. The van der Waals surface area contributed by atoms with E-state index in [1.807, 2.05) is 31.2 Å². The first kappa shape index (κ1) is 20.3. The van der Waals surface area contributed by atoms with Crippen molar-refractivity contribution in [3.8, 4) is 11.4 Å². The lowest BCUT2D eigenvalue weighted by atomic mass is 10.2. The minimum absolute atomic E-state index is 0.142. The number of hydrogen-bond donors (Lipinski definition) is 1. The predicted molar refractivity (Wildman–Crippen MR) is 115 cm³/mol. The number of halogens is 1. The van der Waals surface area contributed by atoms with E-state index in [0.29, 0.717) is 23.8 Å². The third-order valence-corrected chi connectivity index (χ3v) is 5.46. The molecule has 1 aromatic carbocycles. The second kappa shape index (κ2) is 9.21. The first-order valence-corrected chi connectivity index (χ1v) is 10.5. The van der Waals surface area contributed by atoms with Crippen LogP contribution in [-0.4, -0.2) is 44.2 Å². The van der Waals surface area contributed by atoms with Crippen molar-refractivity contribution in [1.82, 2.24) is 30.5 Å². The van der Waals surface area contributed by atoms with Gasteiger partial charge >= 0.3 is 0 Å². The van der Waals surface area contributed by atoms with Gasteiger partial charge in [0.15, 0.2) is 6.04 Å². The van der Waals surface area contributed by atoms with Crippen molar-refractivity contribution in [2.45, 2.75) is 38.8 Å². The quantitative estimate of drug-likeness (QED) is 0.625. The monoisotopic (exact) mass is 425 g/mol. The standard InChI is InChI=1S/C21H24ClN7O/c1-2-18(29-26-20(25-27-29)16-5-7-17(22)8-6-16)21(30)24-14-15-9-10-23-19(13-15)28-11-3-4-12-28/h5-10,13,18H,2-4,11-12,14H2,1H3,(H,24,30)/t18-/m1/s1. The van der Waals surface area contributed by atoms with Crippen LogP contribution in [0.15, 0.2) is 42.6 Å². The summed E-state index contributed by atoms with van der Waals surface area (Å²) in [4.78, 5) is 20.9. The van der Waals surface area contributed by atoms with Gasteiger partial charge in [0, 0.05) is 36.4 Å². The van der Waals surface area contributed by atoms with E-state index in [0.717, 1.165) is 30.0 Å². The first-order valence-electron chi connectivity index (χ1n) is 10.2. The number of hydrogen-bond acceptors (Lipinski definition) is 6. The molecule has 1 aliphatic heterocycles. The number of carbonyl (C=O) groups is 1. The number of pyridine rings is 1. The highest BCUT2D eigenvalue weighted by Crippen LogP contribution is 2.20. The number of nitrogens with one attached hydrogen (secondary N) is 1. The Morgan fingerprint density at radius 1 is 1.20 bits per heavy atom. The number of benzene rings is 1. The zero-order valence-corrected chi connectivity index (χ0v) is 17.6. The summed E-state index contributed by atoms with van der Waals surface area (Å²) in [6.07, 6.45) is 4.74. The molecule has 1 amide bonds. The van der Waals surface area contributed by atoms with E-state index < -0.39 is 6.04 Å². The zero-order chi connectivity index (χ0) is 20.9. The molecule has 0 radical (unpaired) electrons. The normalized spacial score (nSPS) is 14.7. The predicted octanol–water partition coefficient (Wildman–Crippen LogP) is 3.26. The lowest BCUT2D eigenvalue weighted by Crippen LogP contribution is -2.33. The van der Waals surface area contributed by atoms with E-state index in [1.54, 1.807) is 18.3 Å². The van der Waals surface area contributed by atoms with Gasteiger partial charge in [0.1, 0.15) is 5.82 Å². The lowest BCUT2D eigenvalue weighted by molar-refractivity contribution is -0.125. The summed E-state index contributed by atoms with van der Waals surface area (Å²) < 4.78 is 0. The zero-order valence-electron chi connectivity index (χ0n) is 16.8. The molecule has 1 fully saturated rings. The Hall–Kier alpha value is -3.00. The molecule has 156 valence electrons. The Morgan fingerprint density at radius 3 is 2.70 bits per heavy atom. The Bertz CT molecular complexity index is 999. The van der Waals surface area contributed by atoms with Crippen molar-refractivity contribution >= 4 is 23.3 Å². The van der Waals surface area contributed by atoms with E-state index in [-0.39, 0.29) is 5.91 Å². The van der Waals surface area contributed by atoms with Gasteiger partial charge in [-0.1, -0.05) is 18.5 Å². The smallest absolute Gasteiger partial charge is 0.247 e. The van der Waals surface area contributed by atoms with Gasteiger partial charge in [-0.25, -0.2) is 4.98 Å². The Balaban J connectivity index is 1.41. The van der Waals surface area contributed by atoms with Crippen molar-refractivity contribution in [3.05, 3.63) is 53.2 Å². The van der Waals surface area contributed by atoms with Crippen LogP contribution in [-0.2, 0) is 11.3 Å². The van der Waals surface area contributed by atoms with E-state index in [4.69, 9.17) is 11.6 Å². The van der Waals surface area contributed by atoms with Crippen LogP contribution in [0.4, 0.5) is 5.82 Å². The van der Waals surface area contributed by atoms with E-state index >= 15 is 0 Å². The van der Waals surface area contributed by atoms with Crippen LogP contribution in [0.25, 0.3) is 11.4 Å². The first-order chi connectivity index (χ1) is 14.6. The van der Waals surface area contributed by atoms with E-state index in [1.165, 1.54) is 17.6 Å². The summed E-state index contributed by atoms with van der Waals surface area (Å²) in [5, 5.41) is 16.2. The fourth-order valence-electron chi connectivity index (χ4n) is 3.52.